The molecule has 0 atom stereocenters. The maximum atomic E-state index is 11.6. The third kappa shape index (κ3) is 8.36. The highest BCUT2D eigenvalue weighted by atomic mass is 32.2. The minimum absolute atomic E-state index is 0.0743. The third-order valence-corrected chi connectivity index (χ3v) is 8.40. The fraction of sp³-hybridized carbons (Fsp3) is 0.100. The summed E-state index contributed by atoms with van der Waals surface area (Å²) < 4.78 is 61.3. The van der Waals surface area contributed by atoms with E-state index in [1.807, 2.05) is 0 Å². The number of methoxy groups -OCH3 is 1. The van der Waals surface area contributed by atoms with Gasteiger partial charge in [0.15, 0.2) is 19.7 Å². The molecule has 0 unspecified atom stereocenters. The van der Waals surface area contributed by atoms with Gasteiger partial charge in [0.25, 0.3) is 5.69 Å². The second-order valence-corrected chi connectivity index (χ2v) is 13.6. The van der Waals surface area contributed by atoms with Crippen LogP contribution in [0.25, 0.3) is 10.9 Å². The quantitative estimate of drug-likeness (QED) is 0.0925. The van der Waals surface area contributed by atoms with E-state index in [1.165, 1.54) is 68.0 Å². The Morgan fingerprint density at radius 1 is 0.733 bits per heavy atom. The Labute approximate surface area is 258 Å². The second-order valence-electron chi connectivity index (χ2n) is 9.60. The van der Waals surface area contributed by atoms with Crippen LogP contribution in [0.15, 0.2) is 101 Å². The molecule has 5 aromatic rings. The molecule has 0 saturated heterocycles. The van der Waals surface area contributed by atoms with Gasteiger partial charge in [-0.3, -0.25) is 10.1 Å². The van der Waals surface area contributed by atoms with Gasteiger partial charge in [-0.2, -0.15) is 0 Å². The maximum Gasteiger partial charge on any atom is 0.354 e. The summed E-state index contributed by atoms with van der Waals surface area (Å²) in [4.78, 5) is 25.5. The van der Waals surface area contributed by atoms with Gasteiger partial charge in [0.2, 0.25) is 0 Å². The van der Waals surface area contributed by atoms with Gasteiger partial charge in [0, 0.05) is 23.6 Å². The number of carbonyl (C=O) groups is 1. The van der Waals surface area contributed by atoms with Gasteiger partial charge in [-0.1, -0.05) is 0 Å². The van der Waals surface area contributed by atoms with Gasteiger partial charge in [-0.15, -0.1) is 0 Å². The number of nitro benzene ring substituents is 1. The molecule has 1 heterocycles. The Morgan fingerprint density at radius 3 is 1.60 bits per heavy atom. The lowest BCUT2D eigenvalue weighted by atomic mass is 10.2. The minimum atomic E-state index is -3.34. The Morgan fingerprint density at radius 2 is 1.18 bits per heavy atom. The summed E-state index contributed by atoms with van der Waals surface area (Å²) in [6.45, 7) is 0. The van der Waals surface area contributed by atoms with Crippen molar-refractivity contribution in [1.29, 1.82) is 0 Å². The highest BCUT2D eigenvalue weighted by molar-refractivity contribution is 7.91. The Bertz CT molecular complexity index is 2070. The average molecular weight is 654 g/mol. The van der Waals surface area contributed by atoms with Gasteiger partial charge in [0.1, 0.15) is 34.2 Å². The van der Waals surface area contributed by atoms with Crippen molar-refractivity contribution in [2.75, 3.05) is 25.4 Å². The normalized spacial score (nSPS) is 11.3. The van der Waals surface area contributed by atoms with E-state index < -0.39 is 30.6 Å². The lowest BCUT2D eigenvalue weighted by molar-refractivity contribution is -0.383. The van der Waals surface area contributed by atoms with Crippen molar-refractivity contribution >= 4 is 47.9 Å². The third-order valence-electron chi connectivity index (χ3n) is 6.14. The Balaban J connectivity index is 0.000000222. The average Bonchev–Trinajstić information content (AvgIpc) is 3.42. The number of ether oxygens (including phenoxy) is 3. The van der Waals surface area contributed by atoms with E-state index in [1.54, 1.807) is 36.4 Å². The SMILES string of the molecule is COC(=O)c1cc2cc(Oc3ccc(S(C)(=O)=O)cc3)cc([N+](=O)[O-])c2[nH]1.CS(=O)(=O)c1ccc(Oc2ccc(N)cc2)cc1. The number of nitro groups is 1. The van der Waals surface area contributed by atoms with Gasteiger partial charge in [0.05, 0.1) is 27.9 Å². The molecule has 0 saturated carbocycles. The number of benzene rings is 4. The number of rotatable bonds is 8. The van der Waals surface area contributed by atoms with E-state index in [-0.39, 0.29) is 32.4 Å². The number of aromatic nitrogens is 1. The number of sulfone groups is 2. The van der Waals surface area contributed by atoms with Crippen molar-refractivity contribution in [2.24, 2.45) is 0 Å². The molecule has 0 aliphatic rings. The molecular formula is C30H27N3O10S2. The lowest BCUT2D eigenvalue weighted by Crippen LogP contribution is -2.00. The number of nitrogens with zero attached hydrogens (tertiary/aromatic N) is 1. The molecule has 15 heteroatoms. The van der Waals surface area contributed by atoms with Gasteiger partial charge < -0.3 is 24.9 Å². The summed E-state index contributed by atoms with van der Waals surface area (Å²) in [5.41, 5.74) is 6.20. The number of fused-ring (bicyclic) bond motifs is 1. The predicted octanol–water partition coefficient (Wildman–Crippen LogP) is 5.52. The fourth-order valence-corrected chi connectivity index (χ4v) is 5.20. The minimum Gasteiger partial charge on any atom is -0.464 e. The van der Waals surface area contributed by atoms with E-state index in [0.717, 1.165) is 6.26 Å². The molecule has 0 aliphatic carbocycles. The van der Waals surface area contributed by atoms with Crippen LogP contribution in [0, 0.1) is 10.1 Å². The number of nitrogen functional groups attached to an aromatic ring is 1. The molecule has 0 spiro atoms. The number of esters is 1. The van der Waals surface area contributed by atoms with Crippen LogP contribution in [0.4, 0.5) is 11.4 Å². The van der Waals surface area contributed by atoms with Crippen LogP contribution in [0.3, 0.4) is 0 Å². The largest absolute Gasteiger partial charge is 0.464 e. The molecule has 0 radical (unpaired) electrons. The summed E-state index contributed by atoms with van der Waals surface area (Å²) >= 11 is 0. The molecule has 0 fully saturated rings. The van der Waals surface area contributed by atoms with Crippen LogP contribution in [0.1, 0.15) is 10.5 Å². The second kappa shape index (κ2) is 13.1. The molecule has 5 rings (SSSR count). The number of hydrogen-bond acceptors (Lipinski definition) is 11. The van der Waals surface area contributed by atoms with Crippen molar-refractivity contribution in [3.8, 4) is 23.0 Å². The number of hydrogen-bond donors (Lipinski definition) is 2. The van der Waals surface area contributed by atoms with E-state index in [0.29, 0.717) is 28.3 Å². The number of non-ortho nitro benzene ring substituents is 1. The zero-order valence-electron chi connectivity index (χ0n) is 24.1. The highest BCUT2D eigenvalue weighted by Crippen LogP contribution is 2.34. The van der Waals surface area contributed by atoms with E-state index in [9.17, 15) is 31.7 Å². The first-order valence-electron chi connectivity index (χ1n) is 12.8. The van der Waals surface area contributed by atoms with Crippen LogP contribution in [-0.4, -0.2) is 52.3 Å². The van der Waals surface area contributed by atoms with Crippen molar-refractivity contribution in [3.63, 3.8) is 0 Å². The van der Waals surface area contributed by atoms with E-state index in [4.69, 9.17) is 15.2 Å². The monoisotopic (exact) mass is 653 g/mol. The van der Waals surface area contributed by atoms with Gasteiger partial charge >= 0.3 is 5.97 Å². The predicted molar refractivity (Wildman–Crippen MR) is 166 cm³/mol. The van der Waals surface area contributed by atoms with E-state index in [2.05, 4.69) is 9.72 Å². The van der Waals surface area contributed by atoms with Crippen LogP contribution in [-0.2, 0) is 24.4 Å². The topological polar surface area (TPSA) is 198 Å². The van der Waals surface area contributed by atoms with Crippen molar-refractivity contribution < 1.29 is 40.8 Å². The standard InChI is InChI=1S/C17H14N2O7S.C13H13NO3S/c1-25-17(20)14-8-10-7-12(9-15(19(21)22)16(10)18-14)26-11-3-5-13(6-4-11)27(2,23)24;1-18(15,16)13-8-6-12(7-9-13)17-11-4-2-10(14)3-5-11/h3-9,18H,1-2H3;2-9H,14H2,1H3. The molecule has 1 aromatic heterocycles. The summed E-state index contributed by atoms with van der Waals surface area (Å²) in [5.74, 6) is 1.04. The van der Waals surface area contributed by atoms with Crippen molar-refractivity contribution in [3.05, 3.63) is 107 Å². The van der Waals surface area contributed by atoms with Crippen LogP contribution in [0.5, 0.6) is 23.0 Å². The number of anilines is 1. The van der Waals surface area contributed by atoms with Gasteiger partial charge in [-0.25, -0.2) is 21.6 Å². The molecule has 4 aromatic carbocycles. The zero-order valence-corrected chi connectivity index (χ0v) is 25.7. The summed E-state index contributed by atoms with van der Waals surface area (Å²) in [6.07, 6.45) is 2.26. The maximum absolute atomic E-state index is 11.6. The summed E-state index contributed by atoms with van der Waals surface area (Å²) in [5, 5.41) is 11.8. The number of H-pyrrole nitrogens is 1. The smallest absolute Gasteiger partial charge is 0.354 e. The van der Waals surface area contributed by atoms with Crippen LogP contribution < -0.4 is 15.2 Å². The Hall–Kier alpha value is -5.41. The number of nitrogens with one attached hydrogen (secondary N) is 1. The molecule has 3 N–H and O–H groups in total. The molecule has 0 aliphatic heterocycles. The summed E-state index contributed by atoms with van der Waals surface area (Å²) in [6, 6.07) is 23.1. The summed E-state index contributed by atoms with van der Waals surface area (Å²) in [7, 11) is -5.30. The van der Waals surface area contributed by atoms with Crippen LogP contribution >= 0.6 is 0 Å². The van der Waals surface area contributed by atoms with Crippen molar-refractivity contribution in [2.45, 2.75) is 9.79 Å². The highest BCUT2D eigenvalue weighted by Gasteiger charge is 2.20. The van der Waals surface area contributed by atoms with E-state index >= 15 is 0 Å². The molecule has 0 amide bonds. The Kier molecular flexibility index (Phi) is 9.44. The number of carbonyl (C=O) groups excluding carboxylic acids is 1. The molecule has 13 nitrogen and oxygen atoms in total. The fourth-order valence-electron chi connectivity index (χ4n) is 3.94. The molecule has 0 bridgehead atoms. The molecule has 234 valence electrons. The lowest BCUT2D eigenvalue weighted by Gasteiger charge is -2.07. The molecular weight excluding hydrogens is 626 g/mol. The van der Waals surface area contributed by atoms with Gasteiger partial charge in [-0.05, 0) is 84.9 Å². The first kappa shape index (κ1) is 32.5. The zero-order chi connectivity index (χ0) is 32.9. The molecule has 45 heavy (non-hydrogen) atoms. The van der Waals surface area contributed by atoms with Crippen LogP contribution in [0.2, 0.25) is 0 Å². The van der Waals surface area contributed by atoms with Crippen molar-refractivity contribution in [1.82, 2.24) is 4.98 Å². The number of aromatic amines is 1. The first-order chi connectivity index (χ1) is 21.1. The first-order valence-corrected chi connectivity index (χ1v) is 16.6. The number of nitrogens with two attached hydrogens (primary N) is 1.